The van der Waals surface area contributed by atoms with Crippen molar-refractivity contribution < 1.29 is 9.53 Å². The van der Waals surface area contributed by atoms with Crippen LogP contribution < -0.4 is 15.7 Å². The fourth-order valence-electron chi connectivity index (χ4n) is 2.25. The summed E-state index contributed by atoms with van der Waals surface area (Å²) in [6.45, 7) is 0. The van der Waals surface area contributed by atoms with E-state index < -0.39 is 0 Å². The standard InChI is InChI=1S/C15H14N4O3/c1-16-14(20)12-5-3-9(8-17-12)19-13-7-10(22-2)4-6-11(13)18-15(19)21/h3-8H,1-2H3,(H,16,20)(H,18,21). The Balaban J connectivity index is 2.15. The number of hydrogen-bond donors (Lipinski definition) is 2. The highest BCUT2D eigenvalue weighted by atomic mass is 16.5. The van der Waals surface area contributed by atoms with Crippen molar-refractivity contribution in [2.24, 2.45) is 0 Å². The van der Waals surface area contributed by atoms with Crippen LogP contribution in [0.4, 0.5) is 0 Å². The summed E-state index contributed by atoms with van der Waals surface area (Å²) in [5.41, 5.74) is 1.95. The van der Waals surface area contributed by atoms with E-state index in [2.05, 4.69) is 15.3 Å². The average molecular weight is 298 g/mol. The van der Waals surface area contributed by atoms with E-state index in [0.29, 0.717) is 22.5 Å². The van der Waals surface area contributed by atoms with E-state index in [1.54, 1.807) is 37.4 Å². The topological polar surface area (TPSA) is 89.0 Å². The normalized spacial score (nSPS) is 10.6. The van der Waals surface area contributed by atoms with Crippen molar-refractivity contribution in [2.45, 2.75) is 0 Å². The van der Waals surface area contributed by atoms with E-state index in [9.17, 15) is 9.59 Å². The molecule has 3 aromatic rings. The van der Waals surface area contributed by atoms with Gasteiger partial charge in [-0.15, -0.1) is 0 Å². The van der Waals surface area contributed by atoms with Gasteiger partial charge in [0, 0.05) is 13.1 Å². The lowest BCUT2D eigenvalue weighted by atomic mass is 10.2. The molecule has 22 heavy (non-hydrogen) atoms. The molecule has 2 aromatic heterocycles. The third-order valence-electron chi connectivity index (χ3n) is 3.36. The molecule has 2 N–H and O–H groups in total. The van der Waals surface area contributed by atoms with Crippen LogP contribution in [0, 0.1) is 0 Å². The van der Waals surface area contributed by atoms with E-state index in [0.717, 1.165) is 0 Å². The van der Waals surface area contributed by atoms with Crippen LogP contribution in [0.5, 0.6) is 5.75 Å². The smallest absolute Gasteiger partial charge is 0.331 e. The lowest BCUT2D eigenvalue weighted by Crippen LogP contribution is -2.20. The van der Waals surface area contributed by atoms with Crippen molar-refractivity contribution in [3.05, 3.63) is 52.7 Å². The summed E-state index contributed by atoms with van der Waals surface area (Å²) in [4.78, 5) is 30.5. The van der Waals surface area contributed by atoms with Gasteiger partial charge in [0.2, 0.25) is 0 Å². The Labute approximate surface area is 125 Å². The van der Waals surface area contributed by atoms with Gasteiger partial charge in [-0.2, -0.15) is 0 Å². The number of carbonyl (C=O) groups excluding carboxylic acids is 1. The van der Waals surface area contributed by atoms with Crippen LogP contribution in [-0.4, -0.2) is 34.6 Å². The summed E-state index contributed by atoms with van der Waals surface area (Å²) in [5.74, 6) is 0.370. The molecule has 0 radical (unpaired) electrons. The number of aromatic nitrogens is 3. The molecule has 1 amide bonds. The zero-order chi connectivity index (χ0) is 15.7. The van der Waals surface area contributed by atoms with Crippen LogP contribution >= 0.6 is 0 Å². The molecule has 0 saturated carbocycles. The Morgan fingerprint density at radius 2 is 2.14 bits per heavy atom. The van der Waals surface area contributed by atoms with E-state index in [1.807, 2.05) is 0 Å². The Hall–Kier alpha value is -3.09. The first-order valence-corrected chi connectivity index (χ1v) is 6.61. The summed E-state index contributed by atoms with van der Waals surface area (Å²) in [6, 6.07) is 8.55. The number of benzene rings is 1. The summed E-state index contributed by atoms with van der Waals surface area (Å²) in [6.07, 6.45) is 1.48. The van der Waals surface area contributed by atoms with E-state index in [4.69, 9.17) is 4.74 Å². The minimum absolute atomic E-state index is 0.278. The summed E-state index contributed by atoms with van der Waals surface area (Å²) >= 11 is 0. The number of nitrogens with one attached hydrogen (secondary N) is 2. The Morgan fingerprint density at radius 1 is 1.32 bits per heavy atom. The summed E-state index contributed by atoms with van der Waals surface area (Å²) in [7, 11) is 3.10. The van der Waals surface area contributed by atoms with Crippen molar-refractivity contribution >= 4 is 16.9 Å². The maximum atomic E-state index is 12.2. The van der Waals surface area contributed by atoms with Gasteiger partial charge in [0.15, 0.2) is 0 Å². The van der Waals surface area contributed by atoms with Crippen LogP contribution in [0.15, 0.2) is 41.3 Å². The molecule has 7 nitrogen and oxygen atoms in total. The van der Waals surface area contributed by atoms with Crippen molar-refractivity contribution in [2.75, 3.05) is 14.2 Å². The molecule has 3 rings (SSSR count). The van der Waals surface area contributed by atoms with Gasteiger partial charge in [0.05, 0.1) is 30.0 Å². The maximum absolute atomic E-state index is 12.2. The molecular formula is C15H14N4O3. The molecule has 0 atom stereocenters. The lowest BCUT2D eigenvalue weighted by Gasteiger charge is -2.05. The first kappa shape index (κ1) is 13.9. The van der Waals surface area contributed by atoms with Crippen LogP contribution in [-0.2, 0) is 0 Å². The fourth-order valence-corrected chi connectivity index (χ4v) is 2.25. The number of pyridine rings is 1. The SMILES string of the molecule is CNC(=O)c1ccc(-n2c(=O)[nH]c3ccc(OC)cc32)cn1. The molecule has 0 aliphatic carbocycles. The predicted molar refractivity (Wildman–Crippen MR) is 81.6 cm³/mol. The largest absolute Gasteiger partial charge is 0.497 e. The highest BCUT2D eigenvalue weighted by Crippen LogP contribution is 2.20. The molecule has 2 heterocycles. The maximum Gasteiger partial charge on any atom is 0.331 e. The second-order valence-corrected chi connectivity index (χ2v) is 4.63. The molecule has 1 aromatic carbocycles. The number of aromatic amines is 1. The number of H-pyrrole nitrogens is 1. The second-order valence-electron chi connectivity index (χ2n) is 4.63. The highest BCUT2D eigenvalue weighted by molar-refractivity contribution is 5.92. The molecule has 0 fully saturated rings. The number of rotatable bonds is 3. The number of methoxy groups -OCH3 is 1. The number of hydrogen-bond acceptors (Lipinski definition) is 4. The van der Waals surface area contributed by atoms with E-state index in [1.165, 1.54) is 17.8 Å². The molecule has 0 saturated heterocycles. The van der Waals surface area contributed by atoms with Gasteiger partial charge in [-0.25, -0.2) is 9.78 Å². The third-order valence-corrected chi connectivity index (χ3v) is 3.36. The van der Waals surface area contributed by atoms with E-state index >= 15 is 0 Å². The van der Waals surface area contributed by atoms with Gasteiger partial charge in [0.1, 0.15) is 11.4 Å². The zero-order valence-corrected chi connectivity index (χ0v) is 12.1. The van der Waals surface area contributed by atoms with Crippen molar-refractivity contribution in [1.82, 2.24) is 19.9 Å². The summed E-state index contributed by atoms with van der Waals surface area (Å²) < 4.78 is 6.67. The number of nitrogens with zero attached hydrogens (tertiary/aromatic N) is 2. The first-order valence-electron chi connectivity index (χ1n) is 6.61. The van der Waals surface area contributed by atoms with Crippen molar-refractivity contribution in [3.63, 3.8) is 0 Å². The number of imidazole rings is 1. The zero-order valence-electron chi connectivity index (χ0n) is 12.1. The number of ether oxygens (including phenoxy) is 1. The molecular weight excluding hydrogens is 284 g/mol. The summed E-state index contributed by atoms with van der Waals surface area (Å²) in [5, 5.41) is 2.50. The third kappa shape index (κ3) is 2.22. The first-order chi connectivity index (χ1) is 10.6. The Bertz CT molecular complexity index is 893. The molecule has 0 spiro atoms. The number of fused-ring (bicyclic) bond motifs is 1. The predicted octanol–water partition coefficient (Wildman–Crippen LogP) is 1.08. The van der Waals surface area contributed by atoms with Gasteiger partial charge < -0.3 is 15.0 Å². The van der Waals surface area contributed by atoms with Crippen LogP contribution in [0.3, 0.4) is 0 Å². The molecule has 7 heteroatoms. The quantitative estimate of drug-likeness (QED) is 0.757. The second kappa shape index (κ2) is 5.36. The van der Waals surface area contributed by atoms with Gasteiger partial charge in [-0.05, 0) is 24.3 Å². The highest BCUT2D eigenvalue weighted by Gasteiger charge is 2.11. The van der Waals surface area contributed by atoms with Crippen LogP contribution in [0.25, 0.3) is 16.7 Å². The lowest BCUT2D eigenvalue weighted by molar-refractivity contribution is 0.0958. The van der Waals surface area contributed by atoms with Crippen LogP contribution in [0.1, 0.15) is 10.5 Å². The van der Waals surface area contributed by atoms with Gasteiger partial charge >= 0.3 is 5.69 Å². The number of carbonyl (C=O) groups is 1. The van der Waals surface area contributed by atoms with Gasteiger partial charge in [0.25, 0.3) is 5.91 Å². The Kier molecular flexibility index (Phi) is 3.38. The molecule has 0 bridgehead atoms. The van der Waals surface area contributed by atoms with Crippen molar-refractivity contribution in [3.8, 4) is 11.4 Å². The van der Waals surface area contributed by atoms with Gasteiger partial charge in [-0.1, -0.05) is 0 Å². The molecule has 0 aliphatic rings. The molecule has 112 valence electrons. The monoisotopic (exact) mass is 298 g/mol. The van der Waals surface area contributed by atoms with Gasteiger partial charge in [-0.3, -0.25) is 9.36 Å². The minimum atomic E-state index is -0.280. The Morgan fingerprint density at radius 3 is 2.77 bits per heavy atom. The number of amides is 1. The van der Waals surface area contributed by atoms with E-state index in [-0.39, 0.29) is 17.3 Å². The minimum Gasteiger partial charge on any atom is -0.497 e. The average Bonchev–Trinajstić information content (AvgIpc) is 2.89. The fraction of sp³-hybridized carbons (Fsp3) is 0.133. The van der Waals surface area contributed by atoms with Crippen LogP contribution in [0.2, 0.25) is 0 Å². The molecule has 0 unspecified atom stereocenters. The molecule has 0 aliphatic heterocycles. The van der Waals surface area contributed by atoms with Crippen molar-refractivity contribution in [1.29, 1.82) is 0 Å².